The predicted octanol–water partition coefficient (Wildman–Crippen LogP) is 2.21. The van der Waals surface area contributed by atoms with Crippen LogP contribution < -0.4 is 5.73 Å². The molecule has 0 spiro atoms. The lowest BCUT2D eigenvalue weighted by molar-refractivity contribution is 0.432. The van der Waals surface area contributed by atoms with Gasteiger partial charge in [0.05, 0.1) is 5.69 Å². The van der Waals surface area contributed by atoms with Crippen molar-refractivity contribution >= 4 is 0 Å². The first kappa shape index (κ1) is 13.4. The number of rotatable bonds is 4. The number of hydrogen-bond donors (Lipinski definition) is 1. The highest BCUT2D eigenvalue weighted by Crippen LogP contribution is 2.24. The van der Waals surface area contributed by atoms with Gasteiger partial charge >= 0.3 is 0 Å². The van der Waals surface area contributed by atoms with Crippen LogP contribution in [0.25, 0.3) is 22.8 Å². The zero-order valence-electron chi connectivity index (χ0n) is 11.7. The normalized spacial score (nSPS) is 10.8. The molecule has 0 saturated heterocycles. The minimum Gasteiger partial charge on any atom is -0.334 e. The van der Waals surface area contributed by atoms with Crippen molar-refractivity contribution in [3.05, 3.63) is 48.0 Å². The van der Waals surface area contributed by atoms with Crippen LogP contribution in [0.4, 0.5) is 0 Å². The highest BCUT2D eigenvalue weighted by atomic mass is 16.5. The van der Waals surface area contributed by atoms with E-state index in [0.29, 0.717) is 18.3 Å². The van der Waals surface area contributed by atoms with Crippen LogP contribution in [0, 0.1) is 0 Å². The molecule has 0 saturated carbocycles. The van der Waals surface area contributed by atoms with E-state index in [1.807, 2.05) is 24.4 Å². The second-order valence-electron chi connectivity index (χ2n) is 4.55. The number of hydrogen-bond acceptors (Lipinski definition) is 6. The van der Waals surface area contributed by atoms with Crippen molar-refractivity contribution < 1.29 is 4.52 Å². The number of aryl methyl sites for hydroxylation is 1. The van der Waals surface area contributed by atoms with Crippen LogP contribution in [0.5, 0.6) is 0 Å². The minimum atomic E-state index is 0.374. The summed E-state index contributed by atoms with van der Waals surface area (Å²) in [4.78, 5) is 12.7. The fourth-order valence-corrected chi connectivity index (χ4v) is 2.10. The summed E-state index contributed by atoms with van der Waals surface area (Å²) in [6.45, 7) is 2.44. The van der Waals surface area contributed by atoms with E-state index in [0.717, 1.165) is 28.8 Å². The van der Waals surface area contributed by atoms with Gasteiger partial charge in [0, 0.05) is 36.3 Å². The van der Waals surface area contributed by atoms with E-state index in [1.165, 1.54) is 0 Å². The van der Waals surface area contributed by atoms with E-state index >= 15 is 0 Å². The second-order valence-corrected chi connectivity index (χ2v) is 4.55. The molecule has 0 atom stereocenters. The molecule has 106 valence electrons. The van der Waals surface area contributed by atoms with Gasteiger partial charge in [0.25, 0.3) is 5.89 Å². The van der Waals surface area contributed by atoms with Crippen LogP contribution in [0.3, 0.4) is 0 Å². The summed E-state index contributed by atoms with van der Waals surface area (Å²) in [6.07, 6.45) is 6.10. The lowest BCUT2D eigenvalue weighted by Gasteiger charge is -2.01. The molecule has 0 bridgehead atoms. The highest BCUT2D eigenvalue weighted by molar-refractivity contribution is 5.62. The molecule has 3 rings (SSSR count). The lowest BCUT2D eigenvalue weighted by atomic mass is 10.1. The van der Waals surface area contributed by atoms with E-state index in [4.69, 9.17) is 10.3 Å². The molecule has 3 heterocycles. The van der Waals surface area contributed by atoms with Gasteiger partial charge in [0.1, 0.15) is 0 Å². The van der Waals surface area contributed by atoms with E-state index in [9.17, 15) is 0 Å². The smallest absolute Gasteiger partial charge is 0.258 e. The molecular weight excluding hydrogens is 266 g/mol. The maximum atomic E-state index is 5.59. The molecule has 0 amide bonds. The Labute approximate surface area is 122 Å². The molecular formula is C15H15N5O. The summed E-state index contributed by atoms with van der Waals surface area (Å²) in [7, 11) is 0. The maximum absolute atomic E-state index is 5.59. The molecule has 0 radical (unpaired) electrons. The molecule has 3 aromatic rings. The lowest BCUT2D eigenvalue weighted by Crippen LogP contribution is -1.99. The Kier molecular flexibility index (Phi) is 3.70. The number of pyridine rings is 2. The van der Waals surface area contributed by atoms with Crippen molar-refractivity contribution in [2.75, 3.05) is 0 Å². The third kappa shape index (κ3) is 2.66. The van der Waals surface area contributed by atoms with Crippen LogP contribution in [0.15, 0.2) is 41.3 Å². The number of nitrogens with two attached hydrogens (primary N) is 1. The molecule has 0 aliphatic carbocycles. The van der Waals surface area contributed by atoms with Gasteiger partial charge in [-0.15, -0.1) is 0 Å². The zero-order chi connectivity index (χ0) is 14.7. The van der Waals surface area contributed by atoms with Crippen molar-refractivity contribution in [1.82, 2.24) is 20.1 Å². The third-order valence-electron chi connectivity index (χ3n) is 3.22. The zero-order valence-corrected chi connectivity index (χ0v) is 11.7. The first-order chi connectivity index (χ1) is 10.3. The van der Waals surface area contributed by atoms with Crippen molar-refractivity contribution in [2.24, 2.45) is 5.73 Å². The Balaban J connectivity index is 1.99. The van der Waals surface area contributed by atoms with Crippen LogP contribution in [0.1, 0.15) is 18.2 Å². The monoisotopic (exact) mass is 281 g/mol. The molecule has 0 aliphatic heterocycles. The average Bonchev–Trinajstić information content (AvgIpc) is 3.04. The first-order valence-electron chi connectivity index (χ1n) is 6.74. The van der Waals surface area contributed by atoms with Crippen molar-refractivity contribution in [3.8, 4) is 22.8 Å². The summed E-state index contributed by atoms with van der Waals surface area (Å²) >= 11 is 0. The van der Waals surface area contributed by atoms with Gasteiger partial charge in [-0.05, 0) is 30.2 Å². The predicted molar refractivity (Wildman–Crippen MR) is 78.0 cm³/mol. The summed E-state index contributed by atoms with van der Waals surface area (Å²) < 4.78 is 5.35. The summed E-state index contributed by atoms with van der Waals surface area (Å²) in [5.41, 5.74) is 9.22. The molecule has 0 unspecified atom stereocenters. The van der Waals surface area contributed by atoms with Gasteiger partial charge in [-0.3, -0.25) is 9.97 Å². The molecule has 0 aromatic carbocycles. The van der Waals surface area contributed by atoms with Gasteiger partial charge in [0.15, 0.2) is 0 Å². The Hall–Kier alpha value is -2.60. The second kappa shape index (κ2) is 5.80. The van der Waals surface area contributed by atoms with Gasteiger partial charge < -0.3 is 10.3 Å². The molecule has 6 nitrogen and oxygen atoms in total. The van der Waals surface area contributed by atoms with Crippen molar-refractivity contribution in [1.29, 1.82) is 0 Å². The van der Waals surface area contributed by atoms with Crippen LogP contribution >= 0.6 is 0 Å². The Morgan fingerprint density at radius 2 is 2.14 bits per heavy atom. The standard InChI is InChI=1S/C15H15N5O/c1-2-10-9-17-5-4-13(10)14-19-15(21-20-14)11-3-6-18-12(7-11)8-16/h3-7,9H,2,8,16H2,1H3. The van der Waals surface area contributed by atoms with Crippen LogP contribution in [-0.2, 0) is 13.0 Å². The quantitative estimate of drug-likeness (QED) is 0.788. The first-order valence-corrected chi connectivity index (χ1v) is 6.74. The maximum Gasteiger partial charge on any atom is 0.258 e. The summed E-state index contributed by atoms with van der Waals surface area (Å²) in [5, 5.41) is 4.06. The van der Waals surface area contributed by atoms with Gasteiger partial charge in [0.2, 0.25) is 5.82 Å². The van der Waals surface area contributed by atoms with Gasteiger partial charge in [-0.1, -0.05) is 12.1 Å². The number of aromatic nitrogens is 4. The third-order valence-corrected chi connectivity index (χ3v) is 3.22. The Morgan fingerprint density at radius 1 is 1.24 bits per heavy atom. The van der Waals surface area contributed by atoms with Gasteiger partial charge in [-0.25, -0.2) is 0 Å². The largest absolute Gasteiger partial charge is 0.334 e. The topological polar surface area (TPSA) is 90.7 Å². The fourth-order valence-electron chi connectivity index (χ4n) is 2.10. The SMILES string of the molecule is CCc1cnccc1-c1noc(-c2ccnc(CN)c2)n1. The van der Waals surface area contributed by atoms with E-state index in [1.54, 1.807) is 12.4 Å². The summed E-state index contributed by atoms with van der Waals surface area (Å²) in [5.74, 6) is 1.02. The van der Waals surface area contributed by atoms with E-state index in [2.05, 4.69) is 27.0 Å². The summed E-state index contributed by atoms with van der Waals surface area (Å²) in [6, 6.07) is 5.57. The minimum absolute atomic E-state index is 0.374. The van der Waals surface area contributed by atoms with Gasteiger partial charge in [-0.2, -0.15) is 4.98 Å². The number of nitrogens with zero attached hydrogens (tertiary/aromatic N) is 4. The average molecular weight is 281 g/mol. The Morgan fingerprint density at radius 3 is 2.95 bits per heavy atom. The van der Waals surface area contributed by atoms with Crippen molar-refractivity contribution in [3.63, 3.8) is 0 Å². The molecule has 0 aliphatic rings. The highest BCUT2D eigenvalue weighted by Gasteiger charge is 2.13. The van der Waals surface area contributed by atoms with Crippen LogP contribution in [0.2, 0.25) is 0 Å². The van der Waals surface area contributed by atoms with Crippen LogP contribution in [-0.4, -0.2) is 20.1 Å². The molecule has 21 heavy (non-hydrogen) atoms. The van der Waals surface area contributed by atoms with E-state index in [-0.39, 0.29) is 0 Å². The molecule has 6 heteroatoms. The molecule has 0 fully saturated rings. The molecule has 3 aromatic heterocycles. The Bertz CT molecular complexity index is 753. The fraction of sp³-hybridized carbons (Fsp3) is 0.200. The van der Waals surface area contributed by atoms with E-state index < -0.39 is 0 Å². The molecule has 2 N–H and O–H groups in total. The van der Waals surface area contributed by atoms with Crippen molar-refractivity contribution in [2.45, 2.75) is 19.9 Å².